The molecule has 0 aliphatic carbocycles. The molecule has 20 heavy (non-hydrogen) atoms. The SMILES string of the molecule is CC(C)(C)OC(=O)CCC(=S)Nc1c(F)cccc1F. The lowest BCUT2D eigenvalue weighted by Gasteiger charge is -2.19. The molecule has 1 aromatic carbocycles. The van der Waals surface area contributed by atoms with Gasteiger partial charge in [-0.25, -0.2) is 8.78 Å². The van der Waals surface area contributed by atoms with Crippen molar-refractivity contribution in [3.63, 3.8) is 0 Å². The molecule has 0 bridgehead atoms. The van der Waals surface area contributed by atoms with Crippen molar-refractivity contribution in [2.45, 2.75) is 39.2 Å². The molecule has 110 valence electrons. The van der Waals surface area contributed by atoms with Gasteiger partial charge in [0.25, 0.3) is 0 Å². The fraction of sp³-hybridized carbons (Fsp3) is 0.429. The molecule has 0 atom stereocenters. The highest BCUT2D eigenvalue weighted by molar-refractivity contribution is 7.80. The smallest absolute Gasteiger partial charge is 0.306 e. The second kappa shape index (κ2) is 6.74. The maximum atomic E-state index is 13.4. The van der Waals surface area contributed by atoms with Crippen molar-refractivity contribution < 1.29 is 18.3 Å². The van der Waals surface area contributed by atoms with Crippen LogP contribution in [-0.2, 0) is 9.53 Å². The van der Waals surface area contributed by atoms with Crippen LogP contribution in [0.1, 0.15) is 33.6 Å². The summed E-state index contributed by atoms with van der Waals surface area (Å²) in [6, 6.07) is 3.52. The maximum absolute atomic E-state index is 13.4. The number of para-hydroxylation sites is 1. The minimum atomic E-state index is -0.732. The Kier molecular flexibility index (Phi) is 5.56. The predicted molar refractivity (Wildman–Crippen MR) is 77.7 cm³/mol. The predicted octanol–water partition coefficient (Wildman–Crippen LogP) is 3.83. The van der Waals surface area contributed by atoms with E-state index < -0.39 is 23.2 Å². The highest BCUT2D eigenvalue weighted by Crippen LogP contribution is 2.19. The quantitative estimate of drug-likeness (QED) is 0.677. The van der Waals surface area contributed by atoms with Crippen molar-refractivity contribution in [1.82, 2.24) is 0 Å². The topological polar surface area (TPSA) is 38.3 Å². The number of carbonyl (C=O) groups is 1. The molecule has 0 amide bonds. The number of rotatable bonds is 4. The van der Waals surface area contributed by atoms with Crippen LogP contribution < -0.4 is 5.32 Å². The number of hydrogen-bond donors (Lipinski definition) is 1. The summed E-state index contributed by atoms with van der Waals surface area (Å²) in [4.78, 5) is 11.7. The van der Waals surface area contributed by atoms with Crippen molar-refractivity contribution in [3.8, 4) is 0 Å². The Bertz CT molecular complexity index is 492. The summed E-state index contributed by atoms with van der Waals surface area (Å²) in [5.41, 5.74) is -0.870. The molecule has 0 heterocycles. The number of anilines is 1. The summed E-state index contributed by atoms with van der Waals surface area (Å²) < 4.78 is 31.9. The van der Waals surface area contributed by atoms with Gasteiger partial charge in [0.2, 0.25) is 0 Å². The second-order valence-electron chi connectivity index (χ2n) is 5.23. The van der Waals surface area contributed by atoms with E-state index in [2.05, 4.69) is 5.32 Å². The van der Waals surface area contributed by atoms with Gasteiger partial charge in [0.15, 0.2) is 0 Å². The monoisotopic (exact) mass is 301 g/mol. The standard InChI is InChI=1S/C14H17F2NO2S/c1-14(2,3)19-12(18)8-7-11(20)17-13-9(15)5-4-6-10(13)16/h4-6H,7-8H2,1-3H3,(H,17,20). The molecular formula is C14H17F2NO2S. The van der Waals surface area contributed by atoms with E-state index in [1.165, 1.54) is 6.07 Å². The average Bonchev–Trinajstić information content (AvgIpc) is 2.29. The summed E-state index contributed by atoms with van der Waals surface area (Å²) in [5, 5.41) is 2.47. The summed E-state index contributed by atoms with van der Waals surface area (Å²) in [6.07, 6.45) is 0.219. The van der Waals surface area contributed by atoms with E-state index in [0.717, 1.165) is 12.1 Å². The Morgan fingerprint density at radius 3 is 2.30 bits per heavy atom. The number of nitrogens with one attached hydrogen (secondary N) is 1. The third kappa shape index (κ3) is 5.61. The van der Waals surface area contributed by atoms with Gasteiger partial charge < -0.3 is 10.1 Å². The molecule has 6 heteroatoms. The molecule has 0 saturated carbocycles. The lowest BCUT2D eigenvalue weighted by atomic mass is 10.2. The van der Waals surface area contributed by atoms with Crippen LogP contribution in [0.5, 0.6) is 0 Å². The molecule has 0 spiro atoms. The van der Waals surface area contributed by atoms with Crippen LogP contribution in [0.15, 0.2) is 18.2 Å². The Labute approximate surface area is 122 Å². The first-order chi connectivity index (χ1) is 9.19. The first-order valence-corrected chi connectivity index (χ1v) is 6.55. The van der Waals surface area contributed by atoms with Crippen molar-refractivity contribution in [2.24, 2.45) is 0 Å². The Morgan fingerprint density at radius 2 is 1.80 bits per heavy atom. The lowest BCUT2D eigenvalue weighted by Crippen LogP contribution is -2.24. The highest BCUT2D eigenvalue weighted by Gasteiger charge is 2.17. The summed E-state index contributed by atoms with van der Waals surface area (Å²) >= 11 is 4.96. The number of esters is 1. The zero-order valence-electron chi connectivity index (χ0n) is 11.6. The van der Waals surface area contributed by atoms with E-state index in [0.29, 0.717) is 0 Å². The van der Waals surface area contributed by atoms with Gasteiger partial charge in [-0.15, -0.1) is 0 Å². The molecule has 0 aromatic heterocycles. The van der Waals surface area contributed by atoms with Crippen LogP contribution in [0.3, 0.4) is 0 Å². The molecule has 0 radical (unpaired) electrons. The number of thiocarbonyl (C=S) groups is 1. The molecule has 0 aliphatic rings. The van der Waals surface area contributed by atoms with Crippen LogP contribution >= 0.6 is 12.2 Å². The van der Waals surface area contributed by atoms with Gasteiger partial charge in [0, 0.05) is 6.42 Å². The van der Waals surface area contributed by atoms with Gasteiger partial charge in [-0.3, -0.25) is 4.79 Å². The third-order valence-corrected chi connectivity index (χ3v) is 2.51. The van der Waals surface area contributed by atoms with Crippen molar-refractivity contribution in [2.75, 3.05) is 5.32 Å². The Balaban J connectivity index is 2.51. The van der Waals surface area contributed by atoms with Gasteiger partial charge in [-0.05, 0) is 32.9 Å². The van der Waals surface area contributed by atoms with Crippen LogP contribution in [0, 0.1) is 11.6 Å². The largest absolute Gasteiger partial charge is 0.460 e. The summed E-state index contributed by atoms with van der Waals surface area (Å²) in [6.45, 7) is 5.28. The highest BCUT2D eigenvalue weighted by atomic mass is 32.1. The minimum Gasteiger partial charge on any atom is -0.460 e. The van der Waals surface area contributed by atoms with E-state index >= 15 is 0 Å². The third-order valence-electron chi connectivity index (χ3n) is 2.20. The maximum Gasteiger partial charge on any atom is 0.306 e. The summed E-state index contributed by atoms with van der Waals surface area (Å²) in [5.74, 6) is -1.87. The normalized spacial score (nSPS) is 11.1. The molecule has 0 fully saturated rings. The number of ether oxygens (including phenoxy) is 1. The van der Waals surface area contributed by atoms with Gasteiger partial charge in [0.05, 0.1) is 11.4 Å². The van der Waals surface area contributed by atoms with E-state index in [9.17, 15) is 13.6 Å². The Hall–Kier alpha value is -1.56. The van der Waals surface area contributed by atoms with Crippen LogP contribution in [-0.4, -0.2) is 16.6 Å². The number of benzene rings is 1. The van der Waals surface area contributed by atoms with Gasteiger partial charge in [0.1, 0.15) is 22.9 Å². The van der Waals surface area contributed by atoms with Gasteiger partial charge >= 0.3 is 5.97 Å². The summed E-state index contributed by atoms with van der Waals surface area (Å²) in [7, 11) is 0. The van der Waals surface area contributed by atoms with Crippen molar-refractivity contribution in [3.05, 3.63) is 29.8 Å². The first-order valence-electron chi connectivity index (χ1n) is 6.15. The molecule has 3 nitrogen and oxygen atoms in total. The lowest BCUT2D eigenvalue weighted by molar-refractivity contribution is -0.154. The number of hydrogen-bond acceptors (Lipinski definition) is 3. The van der Waals surface area contributed by atoms with Gasteiger partial charge in [-0.1, -0.05) is 18.3 Å². The van der Waals surface area contributed by atoms with E-state index in [4.69, 9.17) is 17.0 Å². The average molecular weight is 301 g/mol. The van der Waals surface area contributed by atoms with E-state index in [1.807, 2.05) is 0 Å². The van der Waals surface area contributed by atoms with Crippen LogP contribution in [0.2, 0.25) is 0 Å². The van der Waals surface area contributed by atoms with Crippen LogP contribution in [0.25, 0.3) is 0 Å². The fourth-order valence-electron chi connectivity index (χ4n) is 1.43. The first kappa shape index (κ1) is 16.5. The molecule has 1 N–H and O–H groups in total. The van der Waals surface area contributed by atoms with Gasteiger partial charge in [-0.2, -0.15) is 0 Å². The molecule has 1 aromatic rings. The molecular weight excluding hydrogens is 284 g/mol. The number of halogens is 2. The molecule has 0 unspecified atom stereocenters. The number of carbonyl (C=O) groups excluding carboxylic acids is 1. The van der Waals surface area contributed by atoms with Crippen LogP contribution in [0.4, 0.5) is 14.5 Å². The zero-order chi connectivity index (χ0) is 15.3. The van der Waals surface area contributed by atoms with E-state index in [-0.39, 0.29) is 23.5 Å². The molecule has 0 aliphatic heterocycles. The van der Waals surface area contributed by atoms with E-state index in [1.54, 1.807) is 20.8 Å². The minimum absolute atomic E-state index is 0.0547. The van der Waals surface area contributed by atoms with Crippen molar-refractivity contribution in [1.29, 1.82) is 0 Å². The molecule has 0 saturated heterocycles. The zero-order valence-corrected chi connectivity index (χ0v) is 12.4. The fourth-order valence-corrected chi connectivity index (χ4v) is 1.63. The second-order valence-corrected chi connectivity index (χ2v) is 5.72. The van der Waals surface area contributed by atoms with Crippen molar-refractivity contribution >= 4 is 28.9 Å². The Morgan fingerprint density at radius 1 is 1.25 bits per heavy atom. The molecule has 1 rings (SSSR count).